The van der Waals surface area contributed by atoms with E-state index in [-0.39, 0.29) is 25.6 Å². The van der Waals surface area contributed by atoms with Gasteiger partial charge in [-0.15, -0.1) is 12.4 Å². The largest absolute Gasteiger partial charge is 0.395 e. The number of β-amino-alcohol motifs (C(OH)–C–C–N with tert-alkyl or cyclic N) is 1. The molecule has 1 rings (SSSR count). The summed E-state index contributed by atoms with van der Waals surface area (Å²) in [5.74, 6) is 0. The second kappa shape index (κ2) is 4.10. The van der Waals surface area contributed by atoms with Gasteiger partial charge in [0.2, 0.25) is 0 Å². The van der Waals surface area contributed by atoms with Crippen LogP contribution in [0.2, 0.25) is 1.41 Å². The molecule has 5 heteroatoms. The lowest BCUT2D eigenvalue weighted by Crippen LogP contribution is -2.35. The van der Waals surface area contributed by atoms with Crippen LogP contribution in [0.3, 0.4) is 0 Å². The maximum absolute atomic E-state index is 9.06. The van der Waals surface area contributed by atoms with Gasteiger partial charge in [-0.25, -0.2) is 0 Å². The number of hydrogen-bond acceptors (Lipinski definition) is 4. The van der Waals surface area contributed by atoms with Crippen LogP contribution in [0.15, 0.2) is 0 Å². The molecule has 0 saturated carbocycles. The molecular formula is C5H12ClNO3. The molecule has 0 aromatic rings. The van der Waals surface area contributed by atoms with Crippen LogP contribution in [0.5, 0.6) is 0 Å². The highest BCUT2D eigenvalue weighted by molar-refractivity contribution is 5.85. The summed E-state index contributed by atoms with van der Waals surface area (Å²) < 4.78 is 7.10. The lowest BCUT2D eigenvalue weighted by atomic mass is 10.1. The van der Waals surface area contributed by atoms with Crippen LogP contribution in [-0.2, 0) is 0 Å². The van der Waals surface area contributed by atoms with Gasteiger partial charge in [-0.05, 0) is 0 Å². The summed E-state index contributed by atoms with van der Waals surface area (Å²) in [7, 11) is 0. The van der Waals surface area contributed by atoms with Crippen LogP contribution >= 0.6 is 12.4 Å². The Labute approximate surface area is 66.7 Å². The molecule has 0 aliphatic carbocycles. The van der Waals surface area contributed by atoms with Crippen LogP contribution in [0, 0.1) is 0 Å². The number of rotatable bonds is 1. The predicted octanol–water partition coefficient (Wildman–Crippen LogP) is -1.91. The molecule has 0 aromatic heterocycles. The van der Waals surface area contributed by atoms with Gasteiger partial charge in [0, 0.05) is 6.54 Å². The zero-order valence-corrected chi connectivity index (χ0v) is 6.16. The maximum atomic E-state index is 9.06. The molecule has 0 bridgehead atoms. The first-order chi connectivity index (χ1) is 4.66. The minimum absolute atomic E-state index is 0. The predicted molar refractivity (Wildman–Crippen MR) is 38.1 cm³/mol. The third-order valence-corrected chi connectivity index (χ3v) is 1.50. The van der Waals surface area contributed by atoms with E-state index in [0.29, 0.717) is 0 Å². The summed E-state index contributed by atoms with van der Waals surface area (Å²) in [6, 6.07) is -0.630. The fourth-order valence-corrected chi connectivity index (χ4v) is 0.882. The van der Waals surface area contributed by atoms with Gasteiger partial charge in [-0.1, -0.05) is 0 Å². The molecule has 0 amide bonds. The summed E-state index contributed by atoms with van der Waals surface area (Å²) in [5.41, 5.74) is 0. The Morgan fingerprint density at radius 2 is 2.20 bits per heavy atom. The molecule has 4 nitrogen and oxygen atoms in total. The summed E-state index contributed by atoms with van der Waals surface area (Å²) in [6.45, 7) is -0.186. The Morgan fingerprint density at radius 3 is 2.40 bits per heavy atom. The van der Waals surface area contributed by atoms with Crippen molar-refractivity contribution in [1.29, 1.82) is 0 Å². The smallest absolute Gasteiger partial charge is 0.123 e. The maximum Gasteiger partial charge on any atom is 0.123 e. The van der Waals surface area contributed by atoms with Gasteiger partial charge in [-0.2, -0.15) is 0 Å². The van der Waals surface area contributed by atoms with E-state index in [0.717, 1.165) is 5.31 Å². The fourth-order valence-electron chi connectivity index (χ4n) is 0.882. The third kappa shape index (κ3) is 1.81. The second-order valence-corrected chi connectivity index (χ2v) is 2.17. The van der Waals surface area contributed by atoms with E-state index in [1.54, 1.807) is 0 Å². The van der Waals surface area contributed by atoms with E-state index >= 15 is 0 Å². The molecule has 4 N–H and O–H groups in total. The molecule has 0 aromatic carbocycles. The molecule has 1 heterocycles. The van der Waals surface area contributed by atoms with E-state index in [2.05, 4.69) is 0 Å². The van der Waals surface area contributed by atoms with Crippen LogP contribution in [-0.4, -0.2) is 46.7 Å². The van der Waals surface area contributed by atoms with Crippen molar-refractivity contribution in [1.82, 2.24) is 5.31 Å². The van der Waals surface area contributed by atoms with Gasteiger partial charge < -0.3 is 20.6 Å². The molecule has 1 saturated heterocycles. The number of nitrogens with one attached hydrogen (secondary N) is 1. The number of hydrogen-bond donors (Lipinski definition) is 4. The van der Waals surface area contributed by atoms with E-state index < -0.39 is 18.2 Å². The highest BCUT2D eigenvalue weighted by Crippen LogP contribution is 2.05. The number of halogens is 1. The second-order valence-electron chi connectivity index (χ2n) is 2.17. The molecule has 62 valence electrons. The van der Waals surface area contributed by atoms with Crippen molar-refractivity contribution in [2.45, 2.75) is 18.2 Å². The van der Waals surface area contributed by atoms with Gasteiger partial charge >= 0.3 is 0 Å². The van der Waals surface area contributed by atoms with Crippen molar-refractivity contribution < 1.29 is 16.7 Å². The normalized spacial score (nSPS) is 42.7. The highest BCUT2D eigenvalue weighted by Gasteiger charge is 2.31. The molecule has 10 heavy (non-hydrogen) atoms. The molecule has 1 fully saturated rings. The van der Waals surface area contributed by atoms with Gasteiger partial charge in [0.15, 0.2) is 0 Å². The Balaban J connectivity index is 0.000001000. The van der Waals surface area contributed by atoms with E-state index in [1.165, 1.54) is 0 Å². The first kappa shape index (κ1) is 8.23. The van der Waals surface area contributed by atoms with Crippen molar-refractivity contribution in [3.8, 4) is 0 Å². The molecule has 0 spiro atoms. The molecule has 3 atom stereocenters. The number of aliphatic hydroxyl groups excluding tert-OH is 3. The Morgan fingerprint density at radius 1 is 1.60 bits per heavy atom. The van der Waals surface area contributed by atoms with E-state index in [9.17, 15) is 0 Å². The van der Waals surface area contributed by atoms with Crippen molar-refractivity contribution >= 4 is 12.4 Å². The first-order valence-corrected chi connectivity index (χ1v) is 2.89. The lowest BCUT2D eigenvalue weighted by Gasteiger charge is -2.11. The summed E-state index contributed by atoms with van der Waals surface area (Å²) in [5, 5.41) is 27.6. The quantitative estimate of drug-likeness (QED) is 0.371. The van der Waals surface area contributed by atoms with Crippen molar-refractivity contribution in [3.05, 3.63) is 0 Å². The Bertz CT molecular complexity index is 128. The summed E-state index contributed by atoms with van der Waals surface area (Å²) in [4.78, 5) is 0. The molecule has 0 unspecified atom stereocenters. The number of aliphatic hydroxyl groups is 3. The van der Waals surface area contributed by atoms with Crippen LogP contribution < -0.4 is 5.31 Å². The van der Waals surface area contributed by atoms with Crippen molar-refractivity contribution in [2.24, 2.45) is 0 Å². The van der Waals surface area contributed by atoms with E-state index in [1.807, 2.05) is 0 Å². The van der Waals surface area contributed by atoms with Gasteiger partial charge in [0.25, 0.3) is 0 Å². The average molecular weight is 171 g/mol. The van der Waals surface area contributed by atoms with Crippen LogP contribution in [0.4, 0.5) is 0 Å². The lowest BCUT2D eigenvalue weighted by molar-refractivity contribution is 0.0295. The SMILES string of the molecule is Cl.[2H]N1C[C@@H](O)[C@H](O)[C@H]1CO. The highest BCUT2D eigenvalue weighted by atomic mass is 35.5. The topological polar surface area (TPSA) is 72.7 Å². The zero-order chi connectivity index (χ0) is 7.72. The van der Waals surface area contributed by atoms with E-state index in [4.69, 9.17) is 16.7 Å². The van der Waals surface area contributed by atoms with Gasteiger partial charge in [0.05, 0.1) is 24.9 Å². The standard InChI is InChI=1S/C5H11NO3.ClH/c7-2-3-5(9)4(8)1-6-3;/h3-9H,1-2H2;1H/t3-,4-,5-;/m1./s1/i/hD. The van der Waals surface area contributed by atoms with Gasteiger partial charge in [0.1, 0.15) is 1.41 Å². The minimum atomic E-state index is -0.984. The minimum Gasteiger partial charge on any atom is -0.395 e. The van der Waals surface area contributed by atoms with Gasteiger partial charge in [-0.3, -0.25) is 0 Å². The fraction of sp³-hybridized carbons (Fsp3) is 1.00. The van der Waals surface area contributed by atoms with Crippen LogP contribution in [0.1, 0.15) is 0 Å². The molecule has 1 aliphatic rings. The summed E-state index contributed by atoms with van der Waals surface area (Å²) >= 11 is 0. The third-order valence-electron chi connectivity index (χ3n) is 1.50. The zero-order valence-electron chi connectivity index (χ0n) is 6.34. The molecular weight excluding hydrogens is 158 g/mol. The van der Waals surface area contributed by atoms with Crippen molar-refractivity contribution in [3.63, 3.8) is 0 Å². The van der Waals surface area contributed by atoms with Crippen LogP contribution in [0.25, 0.3) is 0 Å². The molecule has 1 aliphatic heterocycles. The monoisotopic (exact) mass is 170 g/mol. The average Bonchev–Trinajstić information content (AvgIpc) is 2.09. The first-order valence-electron chi connectivity index (χ1n) is 3.34. The van der Waals surface area contributed by atoms with Crippen molar-refractivity contribution in [2.75, 3.05) is 13.2 Å². The summed E-state index contributed by atoms with van der Waals surface area (Å²) in [6.07, 6.45) is -1.88. The molecule has 0 radical (unpaired) electrons. The Kier molecular flexibility index (Phi) is 3.37. The Hall–Kier alpha value is 0.130.